The van der Waals surface area contributed by atoms with Crippen molar-refractivity contribution in [1.29, 1.82) is 0 Å². The van der Waals surface area contributed by atoms with Crippen molar-refractivity contribution in [1.82, 2.24) is 5.32 Å². The Kier molecular flexibility index (Phi) is 3.95. The summed E-state index contributed by atoms with van der Waals surface area (Å²) < 4.78 is 10.5. The molecular formula is C19H14N2O3S. The number of carbonyl (C=O) groups excluding carboxylic acids is 1. The highest BCUT2D eigenvalue weighted by Gasteiger charge is 2.16. The van der Waals surface area contributed by atoms with Gasteiger partial charge in [-0.15, -0.1) is 0 Å². The van der Waals surface area contributed by atoms with Crippen molar-refractivity contribution in [2.75, 3.05) is 12.1 Å². The Morgan fingerprint density at radius 2 is 1.72 bits per heavy atom. The first-order valence-electron chi connectivity index (χ1n) is 7.70. The number of ether oxygens (including phenoxy) is 2. The van der Waals surface area contributed by atoms with E-state index in [2.05, 4.69) is 10.6 Å². The van der Waals surface area contributed by atoms with Crippen molar-refractivity contribution < 1.29 is 14.3 Å². The number of rotatable bonds is 2. The molecule has 0 saturated carbocycles. The molecule has 5 nitrogen and oxygen atoms in total. The molecule has 0 atom stereocenters. The van der Waals surface area contributed by atoms with E-state index in [4.69, 9.17) is 21.7 Å². The number of hydrogen-bond acceptors (Lipinski definition) is 4. The van der Waals surface area contributed by atoms with Gasteiger partial charge in [-0.3, -0.25) is 10.1 Å². The predicted molar refractivity (Wildman–Crippen MR) is 100 cm³/mol. The summed E-state index contributed by atoms with van der Waals surface area (Å²) in [7, 11) is 0. The minimum atomic E-state index is -0.309. The fourth-order valence-electron chi connectivity index (χ4n) is 2.64. The van der Waals surface area contributed by atoms with E-state index in [1.54, 1.807) is 18.2 Å². The fourth-order valence-corrected chi connectivity index (χ4v) is 2.85. The summed E-state index contributed by atoms with van der Waals surface area (Å²) in [5.74, 6) is 0.881. The predicted octanol–water partition coefficient (Wildman–Crippen LogP) is 3.70. The minimum absolute atomic E-state index is 0.169. The number of amides is 1. The molecule has 0 unspecified atom stereocenters. The molecule has 3 aromatic rings. The van der Waals surface area contributed by atoms with Gasteiger partial charge in [-0.1, -0.05) is 30.3 Å². The van der Waals surface area contributed by atoms with Gasteiger partial charge in [-0.2, -0.15) is 0 Å². The summed E-state index contributed by atoms with van der Waals surface area (Å²) in [6, 6.07) is 18.9. The third kappa shape index (κ3) is 3.25. The lowest BCUT2D eigenvalue weighted by Gasteiger charge is -2.10. The molecule has 0 spiro atoms. The lowest BCUT2D eigenvalue weighted by molar-refractivity contribution is 0.0977. The van der Waals surface area contributed by atoms with Crippen LogP contribution in [0.1, 0.15) is 10.4 Å². The maximum absolute atomic E-state index is 12.3. The zero-order valence-electron chi connectivity index (χ0n) is 13.1. The second kappa shape index (κ2) is 6.41. The van der Waals surface area contributed by atoms with Crippen LogP contribution in [0.3, 0.4) is 0 Å². The number of carbonyl (C=O) groups is 1. The Balaban J connectivity index is 1.45. The van der Waals surface area contributed by atoms with Crippen LogP contribution in [0, 0.1) is 0 Å². The SMILES string of the molecule is O=C(NC(=S)Nc1ccc2ccccc2c1)c1ccc2c(c1)OCO2. The first kappa shape index (κ1) is 15.4. The van der Waals surface area contributed by atoms with Gasteiger partial charge in [0.2, 0.25) is 6.79 Å². The van der Waals surface area contributed by atoms with Crippen LogP contribution in [-0.4, -0.2) is 17.8 Å². The van der Waals surface area contributed by atoms with Crippen LogP contribution in [0.4, 0.5) is 5.69 Å². The lowest BCUT2D eigenvalue weighted by Crippen LogP contribution is -2.34. The summed E-state index contributed by atoms with van der Waals surface area (Å²) in [5, 5.41) is 8.17. The monoisotopic (exact) mass is 350 g/mol. The Morgan fingerprint density at radius 3 is 2.60 bits per heavy atom. The Bertz CT molecular complexity index is 987. The van der Waals surface area contributed by atoms with Gasteiger partial charge >= 0.3 is 0 Å². The third-order valence-electron chi connectivity index (χ3n) is 3.87. The molecule has 124 valence electrons. The third-order valence-corrected chi connectivity index (χ3v) is 4.07. The normalized spacial score (nSPS) is 12.0. The molecule has 0 aliphatic carbocycles. The van der Waals surface area contributed by atoms with E-state index < -0.39 is 0 Å². The summed E-state index contributed by atoms with van der Waals surface area (Å²) >= 11 is 5.24. The van der Waals surface area contributed by atoms with Gasteiger partial charge < -0.3 is 14.8 Å². The molecule has 1 heterocycles. The van der Waals surface area contributed by atoms with Gasteiger partial charge in [-0.25, -0.2) is 0 Å². The van der Waals surface area contributed by atoms with Crippen molar-refractivity contribution in [2.45, 2.75) is 0 Å². The van der Waals surface area contributed by atoms with Crippen molar-refractivity contribution in [3.8, 4) is 11.5 Å². The maximum atomic E-state index is 12.3. The van der Waals surface area contributed by atoms with Crippen LogP contribution >= 0.6 is 12.2 Å². The number of benzene rings is 3. The van der Waals surface area contributed by atoms with Crippen molar-refractivity contribution in [3.63, 3.8) is 0 Å². The molecule has 2 N–H and O–H groups in total. The highest BCUT2D eigenvalue weighted by Crippen LogP contribution is 2.32. The smallest absolute Gasteiger partial charge is 0.257 e. The highest BCUT2D eigenvalue weighted by molar-refractivity contribution is 7.80. The van der Waals surface area contributed by atoms with Crippen molar-refractivity contribution in [3.05, 3.63) is 66.2 Å². The van der Waals surface area contributed by atoms with E-state index in [1.165, 1.54) is 0 Å². The van der Waals surface area contributed by atoms with Crippen molar-refractivity contribution >= 4 is 39.7 Å². The van der Waals surface area contributed by atoms with Crippen LogP contribution in [0.15, 0.2) is 60.7 Å². The summed E-state index contributed by atoms with van der Waals surface area (Å²) in [6.07, 6.45) is 0. The molecule has 1 amide bonds. The molecule has 25 heavy (non-hydrogen) atoms. The Labute approximate surface area is 149 Å². The molecule has 0 radical (unpaired) electrons. The molecule has 1 aliphatic rings. The quantitative estimate of drug-likeness (QED) is 0.690. The summed E-state index contributed by atoms with van der Waals surface area (Å²) in [4.78, 5) is 12.3. The molecule has 0 aromatic heterocycles. The standard InChI is InChI=1S/C19H14N2O3S/c22-18(14-6-8-16-17(10-14)24-11-23-16)21-19(25)20-15-7-5-12-3-1-2-4-13(12)9-15/h1-10H,11H2,(H2,20,21,22,25). The lowest BCUT2D eigenvalue weighted by atomic mass is 10.1. The van der Waals surface area contributed by atoms with E-state index in [0.29, 0.717) is 17.1 Å². The molecular weight excluding hydrogens is 336 g/mol. The molecule has 0 bridgehead atoms. The van der Waals surface area contributed by atoms with E-state index in [1.807, 2.05) is 42.5 Å². The van der Waals surface area contributed by atoms with Gasteiger partial charge in [0.05, 0.1) is 0 Å². The zero-order chi connectivity index (χ0) is 17.2. The number of anilines is 1. The van der Waals surface area contributed by atoms with Crippen LogP contribution in [0.5, 0.6) is 11.5 Å². The van der Waals surface area contributed by atoms with Gasteiger partial charge in [0.1, 0.15) is 0 Å². The van der Waals surface area contributed by atoms with Gasteiger partial charge in [0.15, 0.2) is 16.6 Å². The summed E-state index contributed by atoms with van der Waals surface area (Å²) in [6.45, 7) is 0.169. The summed E-state index contributed by atoms with van der Waals surface area (Å²) in [5.41, 5.74) is 1.27. The first-order valence-corrected chi connectivity index (χ1v) is 8.11. The van der Waals surface area contributed by atoms with E-state index >= 15 is 0 Å². The van der Waals surface area contributed by atoms with Gasteiger partial charge in [-0.05, 0) is 53.3 Å². The second-order valence-electron chi connectivity index (χ2n) is 5.54. The van der Waals surface area contributed by atoms with Gasteiger partial charge in [0.25, 0.3) is 5.91 Å². The molecule has 4 rings (SSSR count). The molecule has 1 aliphatic heterocycles. The first-order chi connectivity index (χ1) is 12.2. The number of nitrogens with one attached hydrogen (secondary N) is 2. The topological polar surface area (TPSA) is 59.6 Å². The maximum Gasteiger partial charge on any atom is 0.257 e. The van der Waals surface area contributed by atoms with Crippen LogP contribution < -0.4 is 20.1 Å². The van der Waals surface area contributed by atoms with Crippen LogP contribution in [0.25, 0.3) is 10.8 Å². The molecule has 0 fully saturated rings. The number of hydrogen-bond donors (Lipinski definition) is 2. The zero-order valence-corrected chi connectivity index (χ0v) is 13.9. The van der Waals surface area contributed by atoms with Crippen LogP contribution in [-0.2, 0) is 0 Å². The Morgan fingerprint density at radius 1 is 0.920 bits per heavy atom. The van der Waals surface area contributed by atoms with Gasteiger partial charge in [0, 0.05) is 11.3 Å². The number of thiocarbonyl (C=S) groups is 1. The van der Waals surface area contributed by atoms with E-state index in [9.17, 15) is 4.79 Å². The minimum Gasteiger partial charge on any atom is -0.454 e. The van der Waals surface area contributed by atoms with Crippen LogP contribution in [0.2, 0.25) is 0 Å². The van der Waals surface area contributed by atoms with E-state index in [0.717, 1.165) is 16.5 Å². The largest absolute Gasteiger partial charge is 0.454 e. The average molecular weight is 350 g/mol. The number of fused-ring (bicyclic) bond motifs is 2. The average Bonchev–Trinajstić information content (AvgIpc) is 3.09. The van der Waals surface area contributed by atoms with E-state index in [-0.39, 0.29) is 17.8 Å². The van der Waals surface area contributed by atoms with Crippen molar-refractivity contribution in [2.24, 2.45) is 0 Å². The molecule has 0 saturated heterocycles. The second-order valence-corrected chi connectivity index (χ2v) is 5.95. The highest BCUT2D eigenvalue weighted by atomic mass is 32.1. The molecule has 3 aromatic carbocycles. The molecule has 6 heteroatoms. The Hall–Kier alpha value is -3.12. The fraction of sp³-hybridized carbons (Fsp3) is 0.0526.